The van der Waals surface area contributed by atoms with Crippen LogP contribution in [0.2, 0.25) is 5.02 Å². The quantitative estimate of drug-likeness (QED) is 0.524. The number of nitrogens with one attached hydrogen (secondary N) is 1. The molecule has 2 aromatic carbocycles. The van der Waals surface area contributed by atoms with Crippen molar-refractivity contribution in [1.82, 2.24) is 4.72 Å². The van der Waals surface area contributed by atoms with Gasteiger partial charge in [0.15, 0.2) is 0 Å². The lowest BCUT2D eigenvalue weighted by atomic mass is 10.2. The normalized spacial score (nSPS) is 12.6. The third-order valence-corrected chi connectivity index (χ3v) is 8.42. The van der Waals surface area contributed by atoms with E-state index >= 15 is 0 Å². The molecule has 0 aliphatic rings. The fourth-order valence-electron chi connectivity index (χ4n) is 2.04. The molecule has 0 fully saturated rings. The number of aliphatic carboxylic acids is 1. The van der Waals surface area contributed by atoms with Gasteiger partial charge in [-0.3, -0.25) is 4.79 Å². The van der Waals surface area contributed by atoms with Gasteiger partial charge < -0.3 is 5.11 Å². The first-order chi connectivity index (χ1) is 13.0. The Hall–Kier alpha value is -2.38. The number of carbonyl (C=O) groups is 1. The fraction of sp³-hybridized carbons (Fsp3) is 0.167. The van der Waals surface area contributed by atoms with Gasteiger partial charge in [0, 0.05) is 17.0 Å². The molecule has 0 heterocycles. The van der Waals surface area contributed by atoms with Crippen LogP contribution in [0.3, 0.4) is 0 Å². The predicted octanol–water partition coefficient (Wildman–Crippen LogP) is 2.15. The minimum Gasteiger partial charge on any atom is -0.480 e. The summed E-state index contributed by atoms with van der Waals surface area (Å²) < 4.78 is 51.0. The maximum absolute atomic E-state index is 12.4. The Morgan fingerprint density at radius 3 is 2.18 bits per heavy atom. The molecule has 0 amide bonds. The molecule has 0 saturated carbocycles. The summed E-state index contributed by atoms with van der Waals surface area (Å²) in [5.74, 6) is 3.64. The summed E-state index contributed by atoms with van der Waals surface area (Å²) in [6, 6.07) is 9.83. The Balaban J connectivity index is 2.22. The Labute approximate surface area is 167 Å². The van der Waals surface area contributed by atoms with Crippen molar-refractivity contribution in [3.63, 3.8) is 0 Å². The molecule has 0 aromatic heterocycles. The van der Waals surface area contributed by atoms with Gasteiger partial charge in [0.1, 0.15) is 6.04 Å². The van der Waals surface area contributed by atoms with Crippen molar-refractivity contribution in [1.29, 1.82) is 0 Å². The molecule has 1 unspecified atom stereocenters. The second kappa shape index (κ2) is 8.75. The zero-order valence-corrected chi connectivity index (χ0v) is 17.0. The van der Waals surface area contributed by atoms with Gasteiger partial charge >= 0.3 is 15.0 Å². The van der Waals surface area contributed by atoms with Crippen molar-refractivity contribution >= 4 is 35.5 Å². The summed E-state index contributed by atoms with van der Waals surface area (Å²) in [6.07, 6.45) is -0.430. The van der Waals surface area contributed by atoms with Gasteiger partial charge in [-0.2, -0.15) is 13.1 Å². The zero-order valence-electron chi connectivity index (χ0n) is 14.6. The van der Waals surface area contributed by atoms with Gasteiger partial charge in [-0.15, -0.1) is 0 Å². The Bertz CT molecular complexity index is 1130. The summed E-state index contributed by atoms with van der Waals surface area (Å²) in [4.78, 5) is 10.9. The van der Waals surface area contributed by atoms with Crippen LogP contribution in [0.25, 0.3) is 0 Å². The van der Waals surface area contributed by atoms with Crippen molar-refractivity contribution in [2.45, 2.75) is 24.3 Å². The van der Waals surface area contributed by atoms with E-state index in [4.69, 9.17) is 11.6 Å². The minimum atomic E-state index is -5.01. The summed E-state index contributed by atoms with van der Waals surface area (Å²) in [5, 5.41) is 9.74. The molecule has 0 spiro atoms. The first kappa shape index (κ1) is 21.9. The number of aryl methyl sites for hydroxylation is 1. The number of rotatable bonds is 6. The standard InChI is InChI=1S/C18H16ClNO6S2/c1-13-5-11-16(12-6-13)27(23,24)28(25,26)20-17(18(21)22)4-2-3-14-7-9-15(19)10-8-14/h5-12,17,20H,4H2,1H3,(H,21,22). The molecular weight excluding hydrogens is 426 g/mol. The average Bonchev–Trinajstić information content (AvgIpc) is 2.62. The SMILES string of the molecule is Cc1ccc(S(=O)(=O)S(=O)(=O)NC(CC#Cc2ccc(Cl)cc2)C(=O)O)cc1. The fourth-order valence-corrected chi connectivity index (χ4v) is 5.37. The number of hydrogen-bond acceptors (Lipinski definition) is 5. The van der Waals surface area contributed by atoms with Gasteiger partial charge in [0.25, 0.3) is 8.87 Å². The number of carboxylic acids is 1. The zero-order chi connectivity index (χ0) is 20.9. The van der Waals surface area contributed by atoms with Crippen LogP contribution in [0.5, 0.6) is 0 Å². The van der Waals surface area contributed by atoms with E-state index in [9.17, 15) is 26.7 Å². The van der Waals surface area contributed by atoms with Crippen molar-refractivity contribution in [3.05, 3.63) is 64.7 Å². The largest absolute Gasteiger partial charge is 0.480 e. The van der Waals surface area contributed by atoms with Crippen molar-refractivity contribution < 1.29 is 26.7 Å². The topological polar surface area (TPSA) is 118 Å². The van der Waals surface area contributed by atoms with E-state index in [2.05, 4.69) is 11.8 Å². The van der Waals surface area contributed by atoms with Crippen LogP contribution in [0, 0.1) is 18.8 Å². The van der Waals surface area contributed by atoms with Crippen LogP contribution in [-0.2, 0) is 22.7 Å². The number of halogens is 1. The highest BCUT2D eigenvalue weighted by Crippen LogP contribution is 2.17. The Morgan fingerprint density at radius 1 is 1.07 bits per heavy atom. The molecule has 2 aromatic rings. The second-order valence-electron chi connectivity index (χ2n) is 5.74. The van der Waals surface area contributed by atoms with Crippen molar-refractivity contribution in [2.75, 3.05) is 0 Å². The lowest BCUT2D eigenvalue weighted by molar-refractivity contribution is -0.138. The highest BCUT2D eigenvalue weighted by molar-refractivity contribution is 8.66. The van der Waals surface area contributed by atoms with E-state index < -0.39 is 41.3 Å². The maximum Gasteiger partial charge on any atom is 0.322 e. The molecule has 2 N–H and O–H groups in total. The smallest absolute Gasteiger partial charge is 0.322 e. The summed E-state index contributed by atoms with van der Waals surface area (Å²) >= 11 is 5.75. The molecule has 28 heavy (non-hydrogen) atoms. The van der Waals surface area contributed by atoms with Crippen molar-refractivity contribution in [2.24, 2.45) is 0 Å². The van der Waals surface area contributed by atoms with Gasteiger partial charge in [0.05, 0.1) is 4.90 Å². The second-order valence-corrected chi connectivity index (χ2v) is 11.3. The van der Waals surface area contributed by atoms with E-state index in [1.54, 1.807) is 35.9 Å². The average molecular weight is 442 g/mol. The molecule has 0 bridgehead atoms. The molecule has 0 aliphatic heterocycles. The predicted molar refractivity (Wildman–Crippen MR) is 105 cm³/mol. The molecule has 10 heteroatoms. The lowest BCUT2D eigenvalue weighted by Gasteiger charge is -2.13. The highest BCUT2D eigenvalue weighted by Gasteiger charge is 2.35. The molecule has 0 radical (unpaired) electrons. The summed E-state index contributed by atoms with van der Waals surface area (Å²) in [6.45, 7) is 1.71. The Morgan fingerprint density at radius 2 is 1.64 bits per heavy atom. The van der Waals surface area contributed by atoms with Gasteiger partial charge in [-0.1, -0.05) is 41.1 Å². The van der Waals surface area contributed by atoms with Gasteiger partial charge in [-0.05, 0) is 43.3 Å². The van der Waals surface area contributed by atoms with Crippen LogP contribution in [0.4, 0.5) is 0 Å². The molecule has 7 nitrogen and oxygen atoms in total. The molecular formula is C18H16ClNO6S2. The molecule has 148 valence electrons. The third-order valence-electron chi connectivity index (χ3n) is 3.57. The first-order valence-corrected chi connectivity index (χ1v) is 11.7. The van der Waals surface area contributed by atoms with Crippen LogP contribution in [0.15, 0.2) is 53.4 Å². The van der Waals surface area contributed by atoms with Crippen LogP contribution in [-0.4, -0.2) is 34.0 Å². The lowest BCUT2D eigenvalue weighted by Crippen LogP contribution is -2.43. The molecule has 2 rings (SSSR count). The Kier molecular flexibility index (Phi) is 6.85. The third kappa shape index (κ3) is 5.33. The highest BCUT2D eigenvalue weighted by atomic mass is 35.5. The van der Waals surface area contributed by atoms with E-state index in [-0.39, 0.29) is 0 Å². The summed E-state index contributed by atoms with van der Waals surface area (Å²) in [7, 11) is -9.85. The monoisotopic (exact) mass is 441 g/mol. The summed E-state index contributed by atoms with van der Waals surface area (Å²) in [5.41, 5.74) is 1.29. The molecule has 1 atom stereocenters. The van der Waals surface area contributed by atoms with Crippen molar-refractivity contribution in [3.8, 4) is 11.8 Å². The van der Waals surface area contributed by atoms with Gasteiger partial charge in [-0.25, -0.2) is 8.42 Å². The van der Waals surface area contributed by atoms with Crippen LogP contribution >= 0.6 is 11.6 Å². The van der Waals surface area contributed by atoms with Crippen LogP contribution in [0.1, 0.15) is 17.5 Å². The first-order valence-electron chi connectivity index (χ1n) is 7.84. The van der Waals surface area contributed by atoms with E-state index in [0.29, 0.717) is 10.6 Å². The number of benzene rings is 2. The number of carboxylic acid groups (broad SMARTS) is 1. The van der Waals surface area contributed by atoms with E-state index in [1.165, 1.54) is 12.1 Å². The minimum absolute atomic E-state index is 0.430. The van der Waals surface area contributed by atoms with E-state index in [1.807, 2.05) is 0 Å². The maximum atomic E-state index is 12.4. The van der Waals surface area contributed by atoms with Gasteiger partial charge in [0.2, 0.25) is 0 Å². The molecule has 0 saturated heterocycles. The van der Waals surface area contributed by atoms with E-state index in [0.717, 1.165) is 17.7 Å². The van der Waals surface area contributed by atoms with Crippen LogP contribution < -0.4 is 4.72 Å². The molecule has 0 aliphatic carbocycles. The number of hydrogen-bond donors (Lipinski definition) is 2.